The van der Waals surface area contributed by atoms with Crippen LogP contribution in [0, 0.1) is 0 Å². The number of rotatable bonds is 0. The summed E-state index contributed by atoms with van der Waals surface area (Å²) in [5.74, 6) is 0. The molecule has 0 radical (unpaired) electrons. The van der Waals surface area contributed by atoms with Crippen LogP contribution in [0.4, 0.5) is 0 Å². The molecule has 0 amide bonds. The van der Waals surface area contributed by atoms with Crippen molar-refractivity contribution < 1.29 is 31.3 Å². The van der Waals surface area contributed by atoms with Crippen LogP contribution in [0.15, 0.2) is 0 Å². The van der Waals surface area contributed by atoms with E-state index < -0.39 is 0 Å². The van der Waals surface area contributed by atoms with Crippen LogP contribution in [-0.4, -0.2) is 23.9 Å². The fourth-order valence-corrected chi connectivity index (χ4v) is 0. The molecule has 7 heavy (non-hydrogen) atoms. The molecule has 0 aromatic carbocycles. The van der Waals surface area contributed by atoms with Gasteiger partial charge in [-0.25, -0.2) is 0 Å². The van der Waals surface area contributed by atoms with Gasteiger partial charge >= 0.3 is 21.0 Å². The third-order valence-corrected chi connectivity index (χ3v) is 0. The van der Waals surface area contributed by atoms with Crippen molar-refractivity contribution in [2.75, 3.05) is 13.7 Å². The number of hydrogen-bond donors (Lipinski definition) is 2. The van der Waals surface area contributed by atoms with Crippen LogP contribution < -0.4 is 0 Å². The monoisotopic (exact) mass is 145 g/mol. The van der Waals surface area contributed by atoms with Gasteiger partial charge in [0.15, 0.2) is 0 Å². The van der Waals surface area contributed by atoms with Crippen molar-refractivity contribution >= 4 is 0 Å². The SMILES string of the molecule is CCO.CO.[O]=[V]. The van der Waals surface area contributed by atoms with Crippen molar-refractivity contribution in [1.29, 1.82) is 0 Å². The zero-order valence-corrected chi connectivity index (χ0v) is 5.85. The number of aliphatic hydroxyl groups is 2. The summed E-state index contributed by atoms with van der Waals surface area (Å²) >= 11 is 1.06. The van der Waals surface area contributed by atoms with E-state index in [4.69, 9.17) is 13.9 Å². The summed E-state index contributed by atoms with van der Waals surface area (Å²) < 4.78 is 8.19. The van der Waals surface area contributed by atoms with Crippen LogP contribution in [0.3, 0.4) is 0 Å². The normalized spacial score (nSPS) is 3.86. The van der Waals surface area contributed by atoms with Gasteiger partial charge < -0.3 is 10.2 Å². The molecule has 0 aromatic rings. The van der Waals surface area contributed by atoms with E-state index >= 15 is 0 Å². The van der Waals surface area contributed by atoms with Gasteiger partial charge in [0.2, 0.25) is 0 Å². The zero-order valence-electron chi connectivity index (χ0n) is 4.46. The summed E-state index contributed by atoms with van der Waals surface area (Å²) in [6.45, 7) is 1.93. The molecule has 0 saturated carbocycles. The molecule has 0 aliphatic rings. The first-order chi connectivity index (χ1) is 3.41. The fourth-order valence-electron chi connectivity index (χ4n) is 0. The van der Waals surface area contributed by atoms with Crippen molar-refractivity contribution in [3.05, 3.63) is 0 Å². The van der Waals surface area contributed by atoms with E-state index in [0.29, 0.717) is 0 Å². The Kier molecular flexibility index (Phi) is 233. The summed E-state index contributed by atoms with van der Waals surface area (Å²) in [7, 11) is 1.00. The molecule has 0 unspecified atom stereocenters. The van der Waals surface area contributed by atoms with E-state index in [9.17, 15) is 0 Å². The molecular formula is C3H10O3V. The molecule has 45 valence electrons. The summed E-state index contributed by atoms with van der Waals surface area (Å²) in [4.78, 5) is 0. The van der Waals surface area contributed by atoms with E-state index in [1.54, 1.807) is 6.92 Å². The van der Waals surface area contributed by atoms with Crippen molar-refractivity contribution in [3.63, 3.8) is 0 Å². The molecule has 3 nitrogen and oxygen atoms in total. The maximum atomic E-state index is 8.19. The Balaban J connectivity index is -0.0000000360. The topological polar surface area (TPSA) is 57.5 Å². The summed E-state index contributed by atoms with van der Waals surface area (Å²) in [5, 5.41) is 14.6. The predicted octanol–water partition coefficient (Wildman–Crippen LogP) is -0.514. The Hall–Kier alpha value is 0.304. The molecule has 2 N–H and O–H groups in total. The van der Waals surface area contributed by atoms with Crippen molar-refractivity contribution in [1.82, 2.24) is 0 Å². The first kappa shape index (κ1) is 15.7. The van der Waals surface area contributed by atoms with Crippen molar-refractivity contribution in [2.24, 2.45) is 0 Å². The van der Waals surface area contributed by atoms with Crippen LogP contribution in [0.1, 0.15) is 6.92 Å². The van der Waals surface area contributed by atoms with Gasteiger partial charge in [0, 0.05) is 13.7 Å². The van der Waals surface area contributed by atoms with E-state index in [0.717, 1.165) is 24.5 Å². The second kappa shape index (κ2) is 104. The zero-order chi connectivity index (χ0) is 6.71. The molecular weight excluding hydrogens is 135 g/mol. The van der Waals surface area contributed by atoms with Gasteiger partial charge in [0.05, 0.1) is 0 Å². The molecule has 0 aliphatic heterocycles. The van der Waals surface area contributed by atoms with E-state index in [1.165, 1.54) is 0 Å². The summed E-state index contributed by atoms with van der Waals surface area (Å²) in [5.41, 5.74) is 0. The van der Waals surface area contributed by atoms with Crippen LogP contribution in [0.2, 0.25) is 0 Å². The average Bonchev–Trinajstić information content (AvgIpc) is 1.78. The van der Waals surface area contributed by atoms with Crippen LogP contribution in [0.5, 0.6) is 0 Å². The second-order valence-corrected chi connectivity index (χ2v) is 0.316. The Morgan fingerprint density at radius 2 is 1.43 bits per heavy atom. The minimum absolute atomic E-state index is 0.250. The van der Waals surface area contributed by atoms with Crippen molar-refractivity contribution in [2.45, 2.75) is 6.92 Å². The molecule has 0 rings (SSSR count). The van der Waals surface area contributed by atoms with Gasteiger partial charge in [-0.3, -0.25) is 0 Å². The van der Waals surface area contributed by atoms with Gasteiger partial charge in [-0.2, -0.15) is 0 Å². The quantitative estimate of drug-likeness (QED) is 0.482. The Morgan fingerprint density at radius 1 is 1.43 bits per heavy atom. The first-order valence-corrected chi connectivity index (χ1v) is 2.22. The van der Waals surface area contributed by atoms with E-state index in [2.05, 4.69) is 0 Å². The minimum atomic E-state index is 0.250. The molecule has 0 saturated heterocycles. The fraction of sp³-hybridized carbons (Fsp3) is 1.00. The molecule has 0 bridgehead atoms. The molecule has 0 spiro atoms. The number of aliphatic hydroxyl groups excluding tert-OH is 2. The molecule has 0 aliphatic carbocycles. The van der Waals surface area contributed by atoms with Gasteiger partial charge in [0.25, 0.3) is 0 Å². The van der Waals surface area contributed by atoms with E-state index in [1.807, 2.05) is 0 Å². The predicted molar refractivity (Wildman–Crippen MR) is 21.6 cm³/mol. The van der Waals surface area contributed by atoms with Crippen LogP contribution >= 0.6 is 0 Å². The van der Waals surface area contributed by atoms with Gasteiger partial charge in [-0.15, -0.1) is 0 Å². The molecule has 0 fully saturated rings. The molecule has 0 atom stereocenters. The molecule has 0 heterocycles. The van der Waals surface area contributed by atoms with Gasteiger partial charge in [-0.05, 0) is 6.92 Å². The Morgan fingerprint density at radius 3 is 1.43 bits per heavy atom. The average molecular weight is 145 g/mol. The van der Waals surface area contributed by atoms with Crippen LogP contribution in [0.25, 0.3) is 0 Å². The summed E-state index contributed by atoms with van der Waals surface area (Å²) in [6, 6.07) is 0. The maximum absolute atomic E-state index is 8.19. The Labute approximate surface area is 52.6 Å². The number of hydrogen-bond acceptors (Lipinski definition) is 3. The molecule has 4 heteroatoms. The summed E-state index contributed by atoms with van der Waals surface area (Å²) in [6.07, 6.45) is 0. The third-order valence-electron chi connectivity index (χ3n) is 0. The molecule has 0 aromatic heterocycles. The van der Waals surface area contributed by atoms with Gasteiger partial charge in [0.1, 0.15) is 0 Å². The van der Waals surface area contributed by atoms with E-state index in [-0.39, 0.29) is 6.61 Å². The first-order valence-electron chi connectivity index (χ1n) is 1.65. The van der Waals surface area contributed by atoms with Crippen molar-refractivity contribution in [3.8, 4) is 0 Å². The standard InChI is InChI=1S/C2H6O.CH4O.O.V/c1-2-3;1-2;;/h3H,2H2,1H3;2H,1H3;;. The third kappa shape index (κ3) is 1260. The Bertz CT molecular complexity index is 14.1. The second-order valence-electron chi connectivity index (χ2n) is 0.316. The van der Waals surface area contributed by atoms with Crippen LogP contribution in [-0.2, 0) is 21.0 Å². The van der Waals surface area contributed by atoms with Gasteiger partial charge in [-0.1, -0.05) is 0 Å².